The van der Waals surface area contributed by atoms with E-state index in [4.69, 9.17) is 0 Å². The van der Waals surface area contributed by atoms with Crippen LogP contribution in [0.25, 0.3) is 0 Å². The third kappa shape index (κ3) is 5.58. The van der Waals surface area contributed by atoms with Gasteiger partial charge in [-0.25, -0.2) is 4.39 Å². The number of unbranched alkanes of at least 4 members (excludes halogenated alkanes) is 1. The summed E-state index contributed by atoms with van der Waals surface area (Å²) in [5.74, 6) is 0.830. The molecule has 3 nitrogen and oxygen atoms in total. The van der Waals surface area contributed by atoms with E-state index in [0.717, 1.165) is 43.8 Å². The summed E-state index contributed by atoms with van der Waals surface area (Å²) in [5, 5.41) is -0.0134. The van der Waals surface area contributed by atoms with Gasteiger partial charge in [-0.05, 0) is 43.1 Å². The van der Waals surface area contributed by atoms with Gasteiger partial charge in [-0.1, -0.05) is 55.3 Å². The van der Waals surface area contributed by atoms with E-state index in [9.17, 15) is 9.18 Å². The van der Waals surface area contributed by atoms with E-state index >= 15 is 0 Å². The summed E-state index contributed by atoms with van der Waals surface area (Å²) in [6, 6.07) is 15.1. The number of nitrogens with zero attached hydrogens (tertiary/aromatic N) is 2. The van der Waals surface area contributed by atoms with Crippen LogP contribution < -0.4 is 0 Å². The van der Waals surface area contributed by atoms with Gasteiger partial charge in [0.05, 0.1) is 6.54 Å². The van der Waals surface area contributed by atoms with Crippen molar-refractivity contribution < 1.29 is 9.18 Å². The summed E-state index contributed by atoms with van der Waals surface area (Å²) >= 11 is 1.75. The number of hydrogen-bond acceptors (Lipinski definition) is 3. The number of aryl methyl sites for hydroxylation is 1. The van der Waals surface area contributed by atoms with Crippen molar-refractivity contribution in [1.82, 2.24) is 9.80 Å². The average Bonchev–Trinajstić information content (AvgIpc) is 3.18. The van der Waals surface area contributed by atoms with Gasteiger partial charge in [0, 0.05) is 18.8 Å². The zero-order valence-electron chi connectivity index (χ0n) is 16.7. The Morgan fingerprint density at radius 1 is 1.18 bits per heavy atom. The van der Waals surface area contributed by atoms with Crippen LogP contribution in [0, 0.1) is 12.7 Å². The summed E-state index contributed by atoms with van der Waals surface area (Å²) in [4.78, 5) is 17.3. The number of halogens is 1. The van der Waals surface area contributed by atoms with Crippen molar-refractivity contribution in [2.45, 2.75) is 38.6 Å². The van der Waals surface area contributed by atoms with Crippen molar-refractivity contribution >= 4 is 17.7 Å². The summed E-state index contributed by atoms with van der Waals surface area (Å²) in [7, 11) is 0. The van der Waals surface area contributed by atoms with E-state index in [0.29, 0.717) is 6.54 Å². The first-order chi connectivity index (χ1) is 13.6. The molecule has 2 aromatic rings. The van der Waals surface area contributed by atoms with Crippen molar-refractivity contribution in [3.63, 3.8) is 0 Å². The smallest absolute Gasteiger partial charge is 0.237 e. The fourth-order valence-electron chi connectivity index (χ4n) is 3.46. The highest BCUT2D eigenvalue weighted by atomic mass is 32.2. The Morgan fingerprint density at radius 3 is 2.57 bits per heavy atom. The maximum Gasteiger partial charge on any atom is 0.237 e. The molecule has 1 atom stereocenters. The molecule has 1 fully saturated rings. The average molecular weight is 401 g/mol. The molecule has 1 unspecified atom stereocenters. The molecule has 1 heterocycles. The van der Waals surface area contributed by atoms with Crippen LogP contribution in [0.5, 0.6) is 0 Å². The summed E-state index contributed by atoms with van der Waals surface area (Å²) in [6.45, 7) is 7.13. The van der Waals surface area contributed by atoms with Crippen LogP contribution in [0.1, 0.15) is 41.8 Å². The number of benzene rings is 2. The van der Waals surface area contributed by atoms with Gasteiger partial charge in [0.25, 0.3) is 0 Å². The Kier molecular flexibility index (Phi) is 7.51. The van der Waals surface area contributed by atoms with Gasteiger partial charge in [-0.2, -0.15) is 0 Å². The van der Waals surface area contributed by atoms with Crippen LogP contribution in [0.4, 0.5) is 4.39 Å². The van der Waals surface area contributed by atoms with Crippen LogP contribution in [-0.4, -0.2) is 41.1 Å². The molecule has 1 aliphatic heterocycles. The highest BCUT2D eigenvalue weighted by molar-refractivity contribution is 7.99. The molecule has 0 N–H and O–H groups in total. The quantitative estimate of drug-likeness (QED) is 0.622. The van der Waals surface area contributed by atoms with Crippen molar-refractivity contribution in [2.75, 3.05) is 25.4 Å². The number of hydrogen-bond donors (Lipinski definition) is 0. The zero-order chi connectivity index (χ0) is 19.9. The zero-order valence-corrected chi connectivity index (χ0v) is 17.6. The molecule has 1 saturated heterocycles. The Labute approximate surface area is 171 Å². The highest BCUT2D eigenvalue weighted by Gasteiger charge is 2.31. The molecular formula is C23H29FN2OS. The normalized spacial score (nSPS) is 16.7. The number of carbonyl (C=O) groups is 1. The fourth-order valence-corrected chi connectivity index (χ4v) is 4.74. The topological polar surface area (TPSA) is 23.6 Å². The third-order valence-corrected chi connectivity index (χ3v) is 6.34. The van der Waals surface area contributed by atoms with Crippen molar-refractivity contribution in [3.8, 4) is 0 Å². The molecule has 0 saturated carbocycles. The molecule has 150 valence electrons. The molecule has 0 aromatic heterocycles. The minimum Gasteiger partial charge on any atom is -0.325 e. The van der Waals surface area contributed by atoms with Crippen LogP contribution in [-0.2, 0) is 11.3 Å². The molecule has 1 aliphatic rings. The van der Waals surface area contributed by atoms with Gasteiger partial charge in [0.2, 0.25) is 5.91 Å². The highest BCUT2D eigenvalue weighted by Crippen LogP contribution is 2.37. The first-order valence-corrected chi connectivity index (χ1v) is 11.1. The third-order valence-electron chi connectivity index (χ3n) is 5.08. The predicted molar refractivity (Wildman–Crippen MR) is 115 cm³/mol. The first-order valence-electron chi connectivity index (χ1n) is 10.0. The minimum atomic E-state index is -0.242. The Bertz CT molecular complexity index is 763. The Morgan fingerprint density at radius 2 is 1.89 bits per heavy atom. The second-order valence-corrected chi connectivity index (χ2v) is 8.60. The van der Waals surface area contributed by atoms with Gasteiger partial charge in [-0.3, -0.25) is 9.69 Å². The molecule has 3 rings (SSSR count). The first kappa shape index (κ1) is 20.9. The van der Waals surface area contributed by atoms with Crippen molar-refractivity contribution in [3.05, 3.63) is 71.0 Å². The number of rotatable bonds is 8. The molecule has 0 spiro atoms. The van der Waals surface area contributed by atoms with E-state index in [2.05, 4.69) is 43.0 Å². The van der Waals surface area contributed by atoms with E-state index in [-0.39, 0.29) is 17.1 Å². The van der Waals surface area contributed by atoms with E-state index in [1.165, 1.54) is 23.3 Å². The summed E-state index contributed by atoms with van der Waals surface area (Å²) in [6.07, 6.45) is 2.19. The van der Waals surface area contributed by atoms with Crippen LogP contribution in [0.15, 0.2) is 48.5 Å². The molecule has 1 amide bonds. The van der Waals surface area contributed by atoms with E-state index < -0.39 is 0 Å². The Hall–Kier alpha value is -1.85. The van der Waals surface area contributed by atoms with Gasteiger partial charge < -0.3 is 4.90 Å². The van der Waals surface area contributed by atoms with Crippen molar-refractivity contribution in [2.24, 2.45) is 0 Å². The maximum atomic E-state index is 13.3. The minimum absolute atomic E-state index is 0.0134. The van der Waals surface area contributed by atoms with Crippen LogP contribution >= 0.6 is 11.8 Å². The lowest BCUT2D eigenvalue weighted by Crippen LogP contribution is -2.40. The standard InChI is InChI=1S/C23H29FN2OS/c1-3-4-13-25(16-19-7-5-18(2)6-8-19)17-22(27)26-14-15-28-23(26)20-9-11-21(24)12-10-20/h5-12,23H,3-4,13-17H2,1-2H3. The lowest BCUT2D eigenvalue weighted by molar-refractivity contribution is -0.132. The summed E-state index contributed by atoms with van der Waals surface area (Å²) in [5.41, 5.74) is 3.48. The molecular weight excluding hydrogens is 371 g/mol. The van der Waals surface area contributed by atoms with Gasteiger partial charge >= 0.3 is 0 Å². The molecule has 2 aromatic carbocycles. The number of carbonyl (C=O) groups excluding carboxylic acids is 1. The van der Waals surface area contributed by atoms with Gasteiger partial charge in [0.1, 0.15) is 11.2 Å². The van der Waals surface area contributed by atoms with E-state index in [1.54, 1.807) is 23.9 Å². The number of amides is 1. The van der Waals surface area contributed by atoms with Gasteiger partial charge in [0.15, 0.2) is 0 Å². The fraction of sp³-hybridized carbons (Fsp3) is 0.435. The summed E-state index contributed by atoms with van der Waals surface area (Å²) < 4.78 is 13.3. The predicted octanol–water partition coefficient (Wildman–Crippen LogP) is 5.01. The lowest BCUT2D eigenvalue weighted by atomic mass is 10.1. The molecule has 28 heavy (non-hydrogen) atoms. The molecule has 0 bridgehead atoms. The molecule has 0 radical (unpaired) electrons. The largest absolute Gasteiger partial charge is 0.325 e. The Balaban J connectivity index is 1.67. The van der Waals surface area contributed by atoms with Crippen molar-refractivity contribution in [1.29, 1.82) is 0 Å². The monoisotopic (exact) mass is 400 g/mol. The SMILES string of the molecule is CCCCN(CC(=O)N1CCSC1c1ccc(F)cc1)Cc1ccc(C)cc1. The van der Waals surface area contributed by atoms with Gasteiger partial charge in [-0.15, -0.1) is 11.8 Å². The van der Waals surface area contributed by atoms with Crippen LogP contribution in [0.3, 0.4) is 0 Å². The van der Waals surface area contributed by atoms with E-state index in [1.807, 2.05) is 4.90 Å². The molecule has 0 aliphatic carbocycles. The maximum absolute atomic E-state index is 13.3. The second kappa shape index (κ2) is 10.1. The molecule has 5 heteroatoms. The number of thioether (sulfide) groups is 1. The van der Waals surface area contributed by atoms with Crippen LogP contribution in [0.2, 0.25) is 0 Å². The second-order valence-electron chi connectivity index (χ2n) is 7.41. The lowest BCUT2D eigenvalue weighted by Gasteiger charge is -2.28.